The molecule has 0 radical (unpaired) electrons. The Morgan fingerprint density at radius 2 is 1.73 bits per heavy atom. The third-order valence-corrected chi connectivity index (χ3v) is 1.34. The summed E-state index contributed by atoms with van der Waals surface area (Å²) in [6.07, 6.45) is -3.97. The molecule has 11 heavy (non-hydrogen) atoms. The summed E-state index contributed by atoms with van der Waals surface area (Å²) in [6, 6.07) is 0. The van der Waals surface area contributed by atoms with E-state index in [1.807, 2.05) is 0 Å². The molecule has 0 aliphatic heterocycles. The van der Waals surface area contributed by atoms with Gasteiger partial charge >= 0.3 is 0 Å². The molecule has 0 amide bonds. The lowest BCUT2D eigenvalue weighted by Gasteiger charge is -2.14. The maximum atomic E-state index is 12.5. The smallest absolute Gasteiger partial charge is 0.211 e. The molecule has 0 nitrogen and oxygen atoms in total. The van der Waals surface area contributed by atoms with Crippen molar-refractivity contribution in [3.63, 3.8) is 0 Å². The molecule has 0 aliphatic rings. The molecule has 0 saturated heterocycles. The summed E-state index contributed by atoms with van der Waals surface area (Å²) in [5, 5.41) is 0. The second-order valence-corrected chi connectivity index (χ2v) is 2.54. The summed E-state index contributed by atoms with van der Waals surface area (Å²) < 4.78 is 47.8. The minimum atomic E-state index is -2.90. The van der Waals surface area contributed by atoms with E-state index in [9.17, 15) is 17.6 Å². The molecular formula is C7H12F4. The lowest BCUT2D eigenvalue weighted by Crippen LogP contribution is -2.16. The van der Waals surface area contributed by atoms with E-state index in [4.69, 9.17) is 0 Å². The molecular weight excluding hydrogens is 160 g/mol. The SMILES string of the molecule is CCCC(F)(F)CCC(F)F. The molecule has 0 heterocycles. The fourth-order valence-corrected chi connectivity index (χ4v) is 0.811. The van der Waals surface area contributed by atoms with Gasteiger partial charge in [0.2, 0.25) is 12.3 Å². The molecule has 0 rings (SSSR count). The predicted octanol–water partition coefficient (Wildman–Crippen LogP) is 3.47. The van der Waals surface area contributed by atoms with Crippen LogP contribution >= 0.6 is 0 Å². The van der Waals surface area contributed by atoms with Crippen molar-refractivity contribution < 1.29 is 17.6 Å². The van der Waals surface area contributed by atoms with E-state index < -0.39 is 25.2 Å². The largest absolute Gasteiger partial charge is 0.248 e. The number of hydrogen-bond donors (Lipinski definition) is 0. The normalized spacial score (nSPS) is 12.5. The second-order valence-electron chi connectivity index (χ2n) is 2.54. The fraction of sp³-hybridized carbons (Fsp3) is 1.00. The Bertz CT molecular complexity index is 101. The molecule has 0 saturated carbocycles. The molecule has 0 atom stereocenters. The number of alkyl halides is 4. The van der Waals surface area contributed by atoms with Crippen molar-refractivity contribution in [1.29, 1.82) is 0 Å². The average Bonchev–Trinajstić information content (AvgIpc) is 1.84. The highest BCUT2D eigenvalue weighted by atomic mass is 19.3. The molecule has 0 aromatic rings. The van der Waals surface area contributed by atoms with E-state index >= 15 is 0 Å². The van der Waals surface area contributed by atoms with Crippen LogP contribution in [0.1, 0.15) is 32.6 Å². The van der Waals surface area contributed by atoms with E-state index in [1.165, 1.54) is 0 Å². The van der Waals surface area contributed by atoms with Crippen LogP contribution in [0, 0.1) is 0 Å². The van der Waals surface area contributed by atoms with Gasteiger partial charge in [0.05, 0.1) is 0 Å². The molecule has 0 N–H and O–H groups in total. The van der Waals surface area contributed by atoms with Gasteiger partial charge in [-0.1, -0.05) is 13.3 Å². The van der Waals surface area contributed by atoms with Crippen LogP contribution in [0.4, 0.5) is 17.6 Å². The zero-order chi connectivity index (χ0) is 8.91. The van der Waals surface area contributed by atoms with Crippen LogP contribution in [0.5, 0.6) is 0 Å². The van der Waals surface area contributed by atoms with Gasteiger partial charge in [-0.15, -0.1) is 0 Å². The van der Waals surface area contributed by atoms with Gasteiger partial charge in [-0.25, -0.2) is 17.6 Å². The Labute approximate surface area is 63.6 Å². The van der Waals surface area contributed by atoms with Gasteiger partial charge in [-0.05, 0) is 0 Å². The van der Waals surface area contributed by atoms with Crippen molar-refractivity contribution in [3.8, 4) is 0 Å². The number of rotatable bonds is 5. The van der Waals surface area contributed by atoms with Gasteiger partial charge in [0.1, 0.15) is 0 Å². The predicted molar refractivity (Wildman–Crippen MR) is 35.1 cm³/mol. The first-order chi connectivity index (χ1) is 4.98. The van der Waals surface area contributed by atoms with E-state index in [0.29, 0.717) is 6.42 Å². The maximum Gasteiger partial charge on any atom is 0.248 e. The molecule has 4 heteroatoms. The second kappa shape index (κ2) is 4.57. The quantitative estimate of drug-likeness (QED) is 0.557. The van der Waals surface area contributed by atoms with E-state index in [2.05, 4.69) is 0 Å². The summed E-state index contributed by atoms with van der Waals surface area (Å²) in [6.45, 7) is 1.61. The molecule has 0 aliphatic carbocycles. The summed E-state index contributed by atoms with van der Waals surface area (Å²) in [5.74, 6) is -2.90. The van der Waals surface area contributed by atoms with Gasteiger partial charge in [-0.2, -0.15) is 0 Å². The third kappa shape index (κ3) is 6.13. The van der Waals surface area contributed by atoms with Crippen LogP contribution in [-0.4, -0.2) is 12.3 Å². The van der Waals surface area contributed by atoms with Crippen molar-refractivity contribution in [3.05, 3.63) is 0 Å². The lowest BCUT2D eigenvalue weighted by atomic mass is 10.1. The van der Waals surface area contributed by atoms with Gasteiger partial charge in [0.25, 0.3) is 0 Å². The zero-order valence-electron chi connectivity index (χ0n) is 6.42. The third-order valence-electron chi connectivity index (χ3n) is 1.34. The summed E-state index contributed by atoms with van der Waals surface area (Å²) >= 11 is 0. The molecule has 68 valence electrons. The van der Waals surface area contributed by atoms with Gasteiger partial charge in [0.15, 0.2) is 0 Å². The minimum Gasteiger partial charge on any atom is -0.211 e. The van der Waals surface area contributed by atoms with Crippen molar-refractivity contribution in [2.75, 3.05) is 0 Å². The van der Waals surface area contributed by atoms with E-state index in [-0.39, 0.29) is 6.42 Å². The Balaban J connectivity index is 3.54. The Kier molecular flexibility index (Phi) is 4.45. The van der Waals surface area contributed by atoms with Crippen LogP contribution in [0.3, 0.4) is 0 Å². The standard InChI is InChI=1S/C7H12F4/c1-2-4-7(10,11)5-3-6(8)9/h6H,2-5H2,1H3. The zero-order valence-corrected chi connectivity index (χ0v) is 6.42. The van der Waals surface area contributed by atoms with Crippen LogP contribution in [-0.2, 0) is 0 Å². The monoisotopic (exact) mass is 172 g/mol. The summed E-state index contributed by atoms with van der Waals surface area (Å²) in [4.78, 5) is 0. The topological polar surface area (TPSA) is 0 Å². The molecule has 0 fully saturated rings. The Morgan fingerprint density at radius 3 is 2.09 bits per heavy atom. The molecule has 0 spiro atoms. The van der Waals surface area contributed by atoms with Crippen LogP contribution in [0.2, 0.25) is 0 Å². The van der Waals surface area contributed by atoms with Crippen molar-refractivity contribution in [2.24, 2.45) is 0 Å². The Morgan fingerprint density at radius 1 is 1.18 bits per heavy atom. The van der Waals surface area contributed by atoms with E-state index in [1.54, 1.807) is 6.92 Å². The molecule has 0 bridgehead atoms. The summed E-state index contributed by atoms with van der Waals surface area (Å²) in [7, 11) is 0. The van der Waals surface area contributed by atoms with Gasteiger partial charge < -0.3 is 0 Å². The molecule has 0 aromatic carbocycles. The highest BCUT2D eigenvalue weighted by molar-refractivity contribution is 4.65. The van der Waals surface area contributed by atoms with Crippen molar-refractivity contribution in [1.82, 2.24) is 0 Å². The summed E-state index contributed by atoms with van der Waals surface area (Å²) in [5.41, 5.74) is 0. The van der Waals surface area contributed by atoms with Crippen molar-refractivity contribution in [2.45, 2.75) is 45.0 Å². The van der Waals surface area contributed by atoms with Crippen molar-refractivity contribution >= 4 is 0 Å². The van der Waals surface area contributed by atoms with Crippen LogP contribution in [0.15, 0.2) is 0 Å². The number of hydrogen-bond acceptors (Lipinski definition) is 0. The highest BCUT2D eigenvalue weighted by Crippen LogP contribution is 2.27. The maximum absolute atomic E-state index is 12.5. The lowest BCUT2D eigenvalue weighted by molar-refractivity contribution is -0.0322. The molecule has 0 aromatic heterocycles. The van der Waals surface area contributed by atoms with Crippen LogP contribution in [0.25, 0.3) is 0 Å². The van der Waals surface area contributed by atoms with Crippen LogP contribution < -0.4 is 0 Å². The van der Waals surface area contributed by atoms with Gasteiger partial charge in [-0.3, -0.25) is 0 Å². The molecule has 0 unspecified atom stereocenters. The minimum absolute atomic E-state index is 0.292. The fourth-order valence-electron chi connectivity index (χ4n) is 0.811. The average molecular weight is 172 g/mol. The first kappa shape index (κ1) is 10.7. The Hall–Kier alpha value is -0.280. The first-order valence-corrected chi connectivity index (χ1v) is 3.64. The first-order valence-electron chi connectivity index (χ1n) is 3.64. The number of halogens is 4. The van der Waals surface area contributed by atoms with E-state index in [0.717, 1.165) is 0 Å². The van der Waals surface area contributed by atoms with Gasteiger partial charge in [0, 0.05) is 19.3 Å². The highest BCUT2D eigenvalue weighted by Gasteiger charge is 2.28.